The molecule has 1 aromatic carbocycles. The van der Waals surface area contributed by atoms with E-state index in [1.165, 1.54) is 0 Å². The minimum Gasteiger partial charge on any atom is -0.399 e. The van der Waals surface area contributed by atoms with Crippen molar-refractivity contribution in [2.24, 2.45) is 0 Å². The number of fused-ring (bicyclic) bond motifs is 2. The lowest BCUT2D eigenvalue weighted by molar-refractivity contribution is 1.25. The third kappa shape index (κ3) is 1.67. The molecule has 0 aromatic heterocycles. The maximum absolute atomic E-state index is 7.89. The molecule has 1 aliphatic carbocycles. The largest absolute Gasteiger partial charge is 0.399 e. The number of aromatic nitrogens is 1. The third-order valence-corrected chi connectivity index (χ3v) is 3.89. The van der Waals surface area contributed by atoms with Crippen molar-refractivity contribution in [2.75, 3.05) is 5.73 Å². The van der Waals surface area contributed by atoms with Crippen molar-refractivity contribution < 1.29 is 0 Å². The molecule has 1 aliphatic heterocycles. The van der Waals surface area contributed by atoms with Crippen LogP contribution in [0.15, 0.2) is 36.9 Å². The van der Waals surface area contributed by atoms with Gasteiger partial charge in [0.2, 0.25) is 0 Å². The van der Waals surface area contributed by atoms with Gasteiger partial charge in [-0.3, -0.25) is 0 Å². The van der Waals surface area contributed by atoms with Gasteiger partial charge in [-0.05, 0) is 30.3 Å². The van der Waals surface area contributed by atoms with Gasteiger partial charge in [-0.2, -0.15) is 0 Å². The van der Waals surface area contributed by atoms with Crippen molar-refractivity contribution >= 4 is 33.3 Å². The summed E-state index contributed by atoms with van der Waals surface area (Å²) in [4.78, 5) is 5.58. The van der Waals surface area contributed by atoms with Crippen LogP contribution in [0, 0.1) is 5.41 Å². The van der Waals surface area contributed by atoms with Crippen molar-refractivity contribution in [1.29, 1.82) is 5.41 Å². The van der Waals surface area contributed by atoms with Crippen LogP contribution >= 0.6 is 11.3 Å². The molecule has 0 atom stereocenters. The molecule has 3 N–H and O–H groups in total. The fraction of sp³-hybridized carbons (Fsp3) is 0. The van der Waals surface area contributed by atoms with Gasteiger partial charge in [0.05, 0.1) is 26.1 Å². The van der Waals surface area contributed by atoms with Crippen LogP contribution in [-0.2, 0) is 0 Å². The maximum Gasteiger partial charge on any atom is 0.0817 e. The highest BCUT2D eigenvalue weighted by molar-refractivity contribution is 7.21. The second-order valence-corrected chi connectivity index (χ2v) is 5.14. The van der Waals surface area contributed by atoms with Crippen molar-refractivity contribution in [3.8, 4) is 10.6 Å². The second kappa shape index (κ2) is 3.92. The lowest BCUT2D eigenvalue weighted by Crippen LogP contribution is -2.05. The van der Waals surface area contributed by atoms with E-state index in [9.17, 15) is 0 Å². The van der Waals surface area contributed by atoms with E-state index < -0.39 is 0 Å². The van der Waals surface area contributed by atoms with Gasteiger partial charge in [0.15, 0.2) is 0 Å². The van der Waals surface area contributed by atoms with E-state index in [0.29, 0.717) is 5.36 Å². The van der Waals surface area contributed by atoms with Gasteiger partial charge in [0, 0.05) is 11.3 Å². The lowest BCUT2D eigenvalue weighted by atomic mass is 10.1. The van der Waals surface area contributed by atoms with Gasteiger partial charge >= 0.3 is 0 Å². The predicted octanol–water partition coefficient (Wildman–Crippen LogP) is 3.11. The summed E-state index contributed by atoms with van der Waals surface area (Å²) in [6.07, 6.45) is 1.68. The number of anilines is 1. The number of hydrogen-bond donors (Lipinski definition) is 2. The highest BCUT2D eigenvalue weighted by atomic mass is 32.1. The number of nitrogens with one attached hydrogen (secondary N) is 1. The third-order valence-electron chi connectivity index (χ3n) is 2.80. The molecule has 88 valence electrons. The molecule has 1 heterocycles. The minimum absolute atomic E-state index is 0.471. The highest BCUT2D eigenvalue weighted by Crippen LogP contribution is 2.31. The second-order valence-electron chi connectivity index (χ2n) is 4.05. The first-order valence-electron chi connectivity index (χ1n) is 5.48. The minimum atomic E-state index is 0.471. The van der Waals surface area contributed by atoms with Crippen LogP contribution in [0.1, 0.15) is 5.56 Å². The molecule has 0 saturated heterocycles. The molecule has 4 heteroatoms. The number of nitrogens with two attached hydrogens (primary N) is 1. The van der Waals surface area contributed by atoms with Crippen LogP contribution in [-0.4, -0.2) is 4.98 Å². The molecule has 0 radical (unpaired) electrons. The molecular formula is C14H11N3S. The van der Waals surface area contributed by atoms with E-state index in [4.69, 9.17) is 11.1 Å². The normalized spacial score (nSPS) is 10.9. The summed E-state index contributed by atoms with van der Waals surface area (Å²) in [6.45, 7) is 3.71. The number of benzene rings is 2. The van der Waals surface area contributed by atoms with Gasteiger partial charge < -0.3 is 11.1 Å². The summed E-state index contributed by atoms with van der Waals surface area (Å²) in [5.74, 6) is 0. The zero-order chi connectivity index (χ0) is 12.7. The van der Waals surface area contributed by atoms with E-state index in [2.05, 4.69) is 11.6 Å². The molecular weight excluding hydrogens is 242 g/mol. The van der Waals surface area contributed by atoms with Crippen molar-refractivity contribution in [2.45, 2.75) is 0 Å². The Morgan fingerprint density at radius 3 is 2.89 bits per heavy atom. The molecule has 0 bridgehead atoms. The molecule has 1 aromatic rings. The number of nitrogen functional groups attached to an aromatic ring is 1. The van der Waals surface area contributed by atoms with E-state index in [-0.39, 0.29) is 0 Å². The molecule has 3 nitrogen and oxygen atoms in total. The van der Waals surface area contributed by atoms with Crippen LogP contribution < -0.4 is 11.1 Å². The highest BCUT2D eigenvalue weighted by Gasteiger charge is 2.08. The smallest absolute Gasteiger partial charge is 0.0817 e. The number of hydrogen-bond acceptors (Lipinski definition) is 4. The monoisotopic (exact) mass is 253 g/mol. The fourth-order valence-corrected chi connectivity index (χ4v) is 2.91. The quantitative estimate of drug-likeness (QED) is 0.517. The molecule has 2 aliphatic rings. The zero-order valence-corrected chi connectivity index (χ0v) is 10.4. The lowest BCUT2D eigenvalue weighted by Gasteiger charge is -2.07. The van der Waals surface area contributed by atoms with Crippen molar-refractivity contribution in [1.82, 2.24) is 4.98 Å². The van der Waals surface area contributed by atoms with E-state index in [0.717, 1.165) is 32.0 Å². The summed E-state index contributed by atoms with van der Waals surface area (Å²) < 4.78 is 1.04. The summed E-state index contributed by atoms with van der Waals surface area (Å²) >= 11 is 1.60. The average Bonchev–Trinajstić information content (AvgIpc) is 2.35. The molecule has 0 amide bonds. The Hall–Kier alpha value is -2.20. The van der Waals surface area contributed by atoms with Crippen LogP contribution in [0.3, 0.4) is 0 Å². The van der Waals surface area contributed by atoms with Crippen molar-refractivity contribution in [3.63, 3.8) is 0 Å². The predicted molar refractivity (Wildman–Crippen MR) is 76.6 cm³/mol. The average molecular weight is 253 g/mol. The van der Waals surface area contributed by atoms with E-state index in [1.807, 2.05) is 30.3 Å². The topological polar surface area (TPSA) is 62.8 Å². The van der Waals surface area contributed by atoms with E-state index >= 15 is 0 Å². The molecule has 18 heavy (non-hydrogen) atoms. The van der Waals surface area contributed by atoms with Crippen LogP contribution in [0.5, 0.6) is 0 Å². The Labute approximate surface area is 108 Å². The van der Waals surface area contributed by atoms with Crippen LogP contribution in [0.2, 0.25) is 0 Å². The Kier molecular flexibility index (Phi) is 2.38. The van der Waals surface area contributed by atoms with Gasteiger partial charge in [-0.25, -0.2) is 4.98 Å². The summed E-state index contributed by atoms with van der Waals surface area (Å²) in [6, 6.07) is 9.41. The molecule has 0 fully saturated rings. The maximum atomic E-state index is 7.89. The van der Waals surface area contributed by atoms with Gasteiger partial charge in [0.1, 0.15) is 0 Å². The first-order chi connectivity index (χ1) is 8.67. The Bertz CT molecular complexity index is 789. The van der Waals surface area contributed by atoms with E-state index in [1.54, 1.807) is 17.4 Å². The van der Waals surface area contributed by atoms with Crippen molar-refractivity contribution in [3.05, 3.63) is 47.8 Å². The standard InChI is InChI=1S/C14H11N3S/c1-2-8-5-12-14(7-10(8)16)18-13-6-9(15)3-4-11(13)17-12/h2-7,16H,1,15H2. The first kappa shape index (κ1) is 10.9. The van der Waals surface area contributed by atoms with Gasteiger partial charge in [-0.1, -0.05) is 12.7 Å². The summed E-state index contributed by atoms with van der Waals surface area (Å²) in [5, 5.41) is 8.36. The summed E-state index contributed by atoms with van der Waals surface area (Å²) in [7, 11) is 0. The number of rotatable bonds is 1. The fourth-order valence-electron chi connectivity index (χ4n) is 1.88. The molecule has 0 unspecified atom stereocenters. The molecule has 3 rings (SSSR count). The first-order valence-corrected chi connectivity index (χ1v) is 6.30. The molecule has 0 spiro atoms. The van der Waals surface area contributed by atoms with Crippen LogP contribution in [0.25, 0.3) is 26.9 Å². The number of nitrogens with zero attached hydrogens (tertiary/aromatic N) is 1. The zero-order valence-electron chi connectivity index (χ0n) is 9.60. The van der Waals surface area contributed by atoms with Gasteiger partial charge in [-0.15, -0.1) is 11.3 Å². The van der Waals surface area contributed by atoms with Gasteiger partial charge in [0.25, 0.3) is 0 Å². The summed E-state index contributed by atoms with van der Waals surface area (Å²) in [5.41, 5.74) is 9.12. The molecule has 0 saturated carbocycles. The Balaban J connectivity index is 2.42. The SMILES string of the molecule is C=Cc1cc2nc3ccc(N)cc3sc-2cc1=N. The Morgan fingerprint density at radius 2 is 2.11 bits per heavy atom. The Morgan fingerprint density at radius 1 is 1.28 bits per heavy atom. The van der Waals surface area contributed by atoms with Crippen LogP contribution in [0.4, 0.5) is 5.69 Å².